The molecule has 0 saturated heterocycles. The van der Waals surface area contributed by atoms with Crippen LogP contribution in [0.15, 0.2) is 5.38 Å². The fourth-order valence-corrected chi connectivity index (χ4v) is 1.58. The minimum absolute atomic E-state index is 0.213. The van der Waals surface area contributed by atoms with Crippen molar-refractivity contribution in [1.82, 2.24) is 9.88 Å². The fraction of sp³-hybridized carbons (Fsp3) is 0.500. The fourth-order valence-electron chi connectivity index (χ4n) is 0.952. The van der Waals surface area contributed by atoms with Gasteiger partial charge >= 0.3 is 0 Å². The molecular weight excluding hydrogens is 170 g/mol. The summed E-state index contributed by atoms with van der Waals surface area (Å²) in [6, 6.07) is 1.99. The van der Waals surface area contributed by atoms with E-state index < -0.39 is 0 Å². The van der Waals surface area contributed by atoms with Crippen molar-refractivity contribution in [2.24, 2.45) is 0 Å². The SMILES string of the molecule is Cc1nc(C(C#N)N(C)C)cs1. The lowest BCUT2D eigenvalue weighted by Crippen LogP contribution is -2.18. The van der Waals surface area contributed by atoms with Crippen LogP contribution in [0.1, 0.15) is 16.7 Å². The molecule has 0 aliphatic rings. The van der Waals surface area contributed by atoms with Crippen molar-refractivity contribution in [1.29, 1.82) is 5.26 Å². The van der Waals surface area contributed by atoms with Crippen molar-refractivity contribution in [2.75, 3.05) is 14.1 Å². The molecule has 0 aliphatic carbocycles. The second-order valence-corrected chi connectivity index (χ2v) is 3.85. The van der Waals surface area contributed by atoms with Crippen LogP contribution in [0.25, 0.3) is 0 Å². The molecule has 3 nitrogen and oxygen atoms in total. The van der Waals surface area contributed by atoms with Gasteiger partial charge in [0.2, 0.25) is 0 Å². The quantitative estimate of drug-likeness (QED) is 0.695. The Morgan fingerprint density at radius 1 is 1.67 bits per heavy atom. The molecule has 0 spiro atoms. The van der Waals surface area contributed by atoms with Gasteiger partial charge in [-0.25, -0.2) is 4.98 Å². The molecule has 0 saturated carbocycles. The number of nitriles is 1. The Morgan fingerprint density at radius 3 is 2.67 bits per heavy atom. The van der Waals surface area contributed by atoms with E-state index in [0.29, 0.717) is 0 Å². The number of thiazole rings is 1. The zero-order chi connectivity index (χ0) is 9.14. The third-order valence-corrected chi connectivity index (χ3v) is 2.35. The maximum absolute atomic E-state index is 8.83. The average molecular weight is 181 g/mol. The lowest BCUT2D eigenvalue weighted by molar-refractivity contribution is 0.353. The highest BCUT2D eigenvalue weighted by molar-refractivity contribution is 7.09. The van der Waals surface area contributed by atoms with Gasteiger partial charge in [-0.1, -0.05) is 0 Å². The Kier molecular flexibility index (Phi) is 2.79. The number of aryl methyl sites for hydroxylation is 1. The molecule has 12 heavy (non-hydrogen) atoms. The first-order valence-electron chi connectivity index (χ1n) is 3.63. The number of aromatic nitrogens is 1. The Hall–Kier alpha value is -0.920. The molecule has 1 unspecified atom stereocenters. The summed E-state index contributed by atoms with van der Waals surface area (Å²) in [6.45, 7) is 1.94. The van der Waals surface area contributed by atoms with Crippen molar-refractivity contribution < 1.29 is 0 Å². The van der Waals surface area contributed by atoms with Gasteiger partial charge in [-0.3, -0.25) is 4.90 Å². The van der Waals surface area contributed by atoms with Crippen LogP contribution < -0.4 is 0 Å². The summed E-state index contributed by atoms with van der Waals surface area (Å²) in [5.41, 5.74) is 0.852. The molecule has 0 radical (unpaired) electrons. The van der Waals surface area contributed by atoms with Crippen LogP contribution in [0.5, 0.6) is 0 Å². The van der Waals surface area contributed by atoms with Gasteiger partial charge in [0, 0.05) is 5.38 Å². The van der Waals surface area contributed by atoms with E-state index >= 15 is 0 Å². The van der Waals surface area contributed by atoms with Crippen molar-refractivity contribution >= 4 is 11.3 Å². The van der Waals surface area contributed by atoms with Crippen LogP contribution in [-0.4, -0.2) is 24.0 Å². The zero-order valence-electron chi connectivity index (χ0n) is 7.40. The number of rotatable bonds is 2. The van der Waals surface area contributed by atoms with Crippen LogP contribution in [0.4, 0.5) is 0 Å². The summed E-state index contributed by atoms with van der Waals surface area (Å²) in [5.74, 6) is 0. The van der Waals surface area contributed by atoms with E-state index in [4.69, 9.17) is 5.26 Å². The Bertz CT molecular complexity index is 297. The highest BCUT2D eigenvalue weighted by Crippen LogP contribution is 2.18. The van der Waals surface area contributed by atoms with Gasteiger partial charge in [-0.2, -0.15) is 5.26 Å². The van der Waals surface area contributed by atoms with E-state index in [1.54, 1.807) is 11.3 Å². The molecule has 0 bridgehead atoms. The molecule has 1 aromatic rings. The summed E-state index contributed by atoms with van der Waals surface area (Å²) < 4.78 is 0. The van der Waals surface area contributed by atoms with E-state index in [1.807, 2.05) is 31.3 Å². The topological polar surface area (TPSA) is 39.9 Å². The molecule has 0 fully saturated rings. The Labute approximate surface area is 76.3 Å². The van der Waals surface area contributed by atoms with Gasteiger partial charge in [0.05, 0.1) is 16.8 Å². The Morgan fingerprint density at radius 2 is 2.33 bits per heavy atom. The van der Waals surface area contributed by atoms with E-state index in [2.05, 4.69) is 11.1 Å². The average Bonchev–Trinajstić information content (AvgIpc) is 2.37. The molecule has 0 aromatic carbocycles. The smallest absolute Gasteiger partial charge is 0.141 e. The molecule has 1 heterocycles. The van der Waals surface area contributed by atoms with Crippen LogP contribution in [0.3, 0.4) is 0 Å². The molecular formula is C8H11N3S. The largest absolute Gasteiger partial charge is 0.289 e. The normalized spacial score (nSPS) is 12.9. The standard InChI is InChI=1S/C8H11N3S/c1-6-10-7(5-12-6)8(4-9)11(2)3/h5,8H,1-3H3. The minimum atomic E-state index is -0.213. The van der Waals surface area contributed by atoms with Gasteiger partial charge < -0.3 is 0 Å². The highest BCUT2D eigenvalue weighted by Gasteiger charge is 2.15. The second kappa shape index (κ2) is 3.65. The van der Waals surface area contributed by atoms with Crippen LogP contribution in [-0.2, 0) is 0 Å². The molecule has 4 heteroatoms. The van der Waals surface area contributed by atoms with Crippen LogP contribution >= 0.6 is 11.3 Å². The summed E-state index contributed by atoms with van der Waals surface area (Å²) >= 11 is 1.58. The van der Waals surface area contributed by atoms with Crippen molar-refractivity contribution in [2.45, 2.75) is 13.0 Å². The summed E-state index contributed by atoms with van der Waals surface area (Å²) in [5, 5.41) is 11.8. The maximum Gasteiger partial charge on any atom is 0.141 e. The third-order valence-electron chi connectivity index (χ3n) is 1.56. The molecule has 0 aliphatic heterocycles. The maximum atomic E-state index is 8.83. The van der Waals surface area contributed by atoms with Gasteiger partial charge in [0.15, 0.2) is 0 Å². The van der Waals surface area contributed by atoms with Crippen LogP contribution in [0.2, 0.25) is 0 Å². The van der Waals surface area contributed by atoms with E-state index in [1.165, 1.54) is 0 Å². The van der Waals surface area contributed by atoms with Gasteiger partial charge in [0.25, 0.3) is 0 Å². The number of hydrogen-bond donors (Lipinski definition) is 0. The molecule has 64 valence electrons. The van der Waals surface area contributed by atoms with Crippen molar-refractivity contribution in [3.05, 3.63) is 16.1 Å². The molecule has 1 rings (SSSR count). The highest BCUT2D eigenvalue weighted by atomic mass is 32.1. The van der Waals surface area contributed by atoms with Crippen LogP contribution in [0, 0.1) is 18.3 Å². The first-order valence-corrected chi connectivity index (χ1v) is 4.51. The molecule has 0 N–H and O–H groups in total. The first kappa shape index (κ1) is 9.17. The van der Waals surface area contributed by atoms with Crippen molar-refractivity contribution in [3.63, 3.8) is 0 Å². The first-order chi connectivity index (χ1) is 5.65. The monoisotopic (exact) mass is 181 g/mol. The molecule has 1 aromatic heterocycles. The molecule has 0 amide bonds. The van der Waals surface area contributed by atoms with Gasteiger partial charge in [-0.15, -0.1) is 11.3 Å². The van der Waals surface area contributed by atoms with E-state index in [-0.39, 0.29) is 6.04 Å². The summed E-state index contributed by atoms with van der Waals surface area (Å²) in [4.78, 5) is 6.11. The third kappa shape index (κ3) is 1.81. The summed E-state index contributed by atoms with van der Waals surface area (Å²) in [7, 11) is 3.76. The predicted octanol–water partition coefficient (Wildman–Crippen LogP) is 1.58. The predicted molar refractivity (Wildman–Crippen MR) is 48.9 cm³/mol. The Balaban J connectivity index is 2.89. The lowest BCUT2D eigenvalue weighted by atomic mass is 10.2. The van der Waals surface area contributed by atoms with Gasteiger partial charge in [-0.05, 0) is 21.0 Å². The lowest BCUT2D eigenvalue weighted by Gasteiger charge is -2.13. The second-order valence-electron chi connectivity index (χ2n) is 2.79. The zero-order valence-corrected chi connectivity index (χ0v) is 8.22. The minimum Gasteiger partial charge on any atom is -0.289 e. The van der Waals surface area contributed by atoms with Crippen molar-refractivity contribution in [3.8, 4) is 6.07 Å². The summed E-state index contributed by atoms with van der Waals surface area (Å²) in [6.07, 6.45) is 0. The molecule has 1 atom stereocenters. The number of nitrogens with zero attached hydrogens (tertiary/aromatic N) is 3. The van der Waals surface area contributed by atoms with E-state index in [9.17, 15) is 0 Å². The van der Waals surface area contributed by atoms with E-state index in [0.717, 1.165) is 10.7 Å². The number of hydrogen-bond acceptors (Lipinski definition) is 4. The van der Waals surface area contributed by atoms with Gasteiger partial charge in [0.1, 0.15) is 6.04 Å².